The van der Waals surface area contributed by atoms with Crippen LogP contribution in [0.2, 0.25) is 0 Å². The molecular formula is C14H12BrN3O. The Hall–Kier alpha value is -2.06. The normalized spacial score (nSPS) is 9.74. The Balaban J connectivity index is 2.08. The summed E-state index contributed by atoms with van der Waals surface area (Å²) in [6.07, 6.45) is 1.75. The van der Waals surface area contributed by atoms with Gasteiger partial charge < -0.3 is 10.1 Å². The van der Waals surface area contributed by atoms with Crippen molar-refractivity contribution < 1.29 is 4.74 Å². The number of halogens is 1. The maximum Gasteiger partial charge on any atom is 0.212 e. The van der Waals surface area contributed by atoms with Crippen LogP contribution in [0.3, 0.4) is 0 Å². The zero-order valence-corrected chi connectivity index (χ0v) is 11.9. The lowest BCUT2D eigenvalue weighted by molar-refractivity contribution is 0.397. The molecule has 0 amide bonds. The van der Waals surface area contributed by atoms with Gasteiger partial charge in [-0.1, -0.05) is 22.0 Å². The first-order valence-electron chi connectivity index (χ1n) is 5.65. The number of hydrogen-bond acceptors (Lipinski definition) is 4. The van der Waals surface area contributed by atoms with Crippen molar-refractivity contribution in [1.82, 2.24) is 4.98 Å². The summed E-state index contributed by atoms with van der Waals surface area (Å²) in [6, 6.07) is 11.5. The standard InChI is InChI=1S/C14H12BrN3O/c1-19-14-5-2-10(9-18-14)8-17-13-4-3-12(15)6-11(13)7-16/h2-6,9,17H,8H2,1H3. The van der Waals surface area contributed by atoms with Crippen LogP contribution < -0.4 is 10.1 Å². The molecule has 2 rings (SSSR count). The highest BCUT2D eigenvalue weighted by Crippen LogP contribution is 2.21. The van der Waals surface area contributed by atoms with Gasteiger partial charge in [0.1, 0.15) is 6.07 Å². The molecule has 1 aromatic carbocycles. The Bertz CT molecular complexity index is 605. The van der Waals surface area contributed by atoms with Crippen molar-refractivity contribution >= 4 is 21.6 Å². The van der Waals surface area contributed by atoms with Crippen molar-refractivity contribution in [3.63, 3.8) is 0 Å². The van der Waals surface area contributed by atoms with E-state index >= 15 is 0 Å². The van der Waals surface area contributed by atoms with E-state index in [1.807, 2.05) is 24.3 Å². The summed E-state index contributed by atoms with van der Waals surface area (Å²) in [5.74, 6) is 0.588. The zero-order valence-electron chi connectivity index (χ0n) is 10.4. The van der Waals surface area contributed by atoms with Gasteiger partial charge in [-0.25, -0.2) is 4.98 Å². The van der Waals surface area contributed by atoms with Crippen LogP contribution in [0.15, 0.2) is 41.0 Å². The topological polar surface area (TPSA) is 57.9 Å². The molecule has 19 heavy (non-hydrogen) atoms. The number of nitrogens with one attached hydrogen (secondary N) is 1. The van der Waals surface area contributed by atoms with Crippen molar-refractivity contribution in [2.24, 2.45) is 0 Å². The van der Waals surface area contributed by atoms with Crippen LogP contribution in [0.4, 0.5) is 5.69 Å². The molecule has 0 fully saturated rings. The molecule has 4 nitrogen and oxygen atoms in total. The van der Waals surface area contributed by atoms with Crippen LogP contribution in [-0.4, -0.2) is 12.1 Å². The van der Waals surface area contributed by atoms with E-state index in [0.29, 0.717) is 18.0 Å². The third kappa shape index (κ3) is 3.46. The summed E-state index contributed by atoms with van der Waals surface area (Å²) >= 11 is 3.35. The molecule has 0 spiro atoms. The van der Waals surface area contributed by atoms with Crippen LogP contribution >= 0.6 is 15.9 Å². The lowest BCUT2D eigenvalue weighted by Gasteiger charge is -2.08. The van der Waals surface area contributed by atoms with Gasteiger partial charge in [0.2, 0.25) is 5.88 Å². The molecule has 1 N–H and O–H groups in total. The summed E-state index contributed by atoms with van der Waals surface area (Å²) in [5.41, 5.74) is 2.44. The van der Waals surface area contributed by atoms with Gasteiger partial charge in [0.05, 0.1) is 18.4 Å². The van der Waals surface area contributed by atoms with Crippen molar-refractivity contribution in [1.29, 1.82) is 5.26 Å². The fourth-order valence-electron chi connectivity index (χ4n) is 1.60. The van der Waals surface area contributed by atoms with Crippen LogP contribution in [0.1, 0.15) is 11.1 Å². The summed E-state index contributed by atoms with van der Waals surface area (Å²) in [5, 5.41) is 12.3. The molecule has 0 aliphatic heterocycles. The van der Waals surface area contributed by atoms with Gasteiger partial charge in [-0.05, 0) is 23.8 Å². The van der Waals surface area contributed by atoms with Gasteiger partial charge in [-0.3, -0.25) is 0 Å². The van der Waals surface area contributed by atoms with Gasteiger partial charge in [0, 0.05) is 23.3 Å². The fraction of sp³-hybridized carbons (Fsp3) is 0.143. The van der Waals surface area contributed by atoms with Gasteiger partial charge >= 0.3 is 0 Å². The van der Waals surface area contributed by atoms with Crippen molar-refractivity contribution in [3.8, 4) is 11.9 Å². The molecule has 0 bridgehead atoms. The predicted octanol–water partition coefficient (Wildman–Crippen LogP) is 3.34. The van der Waals surface area contributed by atoms with E-state index in [2.05, 4.69) is 32.3 Å². The van der Waals surface area contributed by atoms with Gasteiger partial charge in [-0.2, -0.15) is 5.26 Å². The molecule has 5 heteroatoms. The molecule has 0 saturated heterocycles. The number of pyridine rings is 1. The molecule has 96 valence electrons. The highest BCUT2D eigenvalue weighted by molar-refractivity contribution is 9.10. The average molecular weight is 318 g/mol. The number of rotatable bonds is 4. The average Bonchev–Trinajstić information content (AvgIpc) is 2.46. The Morgan fingerprint density at radius 2 is 2.21 bits per heavy atom. The van der Waals surface area contributed by atoms with Gasteiger partial charge in [-0.15, -0.1) is 0 Å². The van der Waals surface area contributed by atoms with Crippen molar-refractivity contribution in [3.05, 3.63) is 52.1 Å². The first-order chi connectivity index (χ1) is 9.22. The number of benzene rings is 1. The monoisotopic (exact) mass is 317 g/mol. The second-order valence-electron chi connectivity index (χ2n) is 3.86. The molecule has 0 atom stereocenters. The number of ether oxygens (including phenoxy) is 1. The fourth-order valence-corrected chi connectivity index (χ4v) is 1.96. The maximum absolute atomic E-state index is 9.07. The third-order valence-corrected chi connectivity index (χ3v) is 3.09. The number of anilines is 1. The quantitative estimate of drug-likeness (QED) is 0.939. The largest absolute Gasteiger partial charge is 0.481 e. The van der Waals surface area contributed by atoms with E-state index in [1.54, 1.807) is 19.4 Å². The van der Waals surface area contributed by atoms with Crippen LogP contribution in [0.5, 0.6) is 5.88 Å². The van der Waals surface area contributed by atoms with E-state index in [0.717, 1.165) is 15.7 Å². The van der Waals surface area contributed by atoms with Crippen LogP contribution in [-0.2, 0) is 6.54 Å². The summed E-state index contributed by atoms with van der Waals surface area (Å²) in [4.78, 5) is 4.13. The maximum atomic E-state index is 9.07. The highest BCUT2D eigenvalue weighted by Gasteiger charge is 2.03. The van der Waals surface area contributed by atoms with Crippen LogP contribution in [0.25, 0.3) is 0 Å². The molecule has 0 saturated carbocycles. The molecule has 0 unspecified atom stereocenters. The first kappa shape index (κ1) is 13.4. The minimum atomic E-state index is 0.588. The Morgan fingerprint density at radius 3 is 2.84 bits per heavy atom. The number of hydrogen-bond donors (Lipinski definition) is 1. The Kier molecular flexibility index (Phi) is 4.37. The van der Waals surface area contributed by atoms with Gasteiger partial charge in [0.15, 0.2) is 0 Å². The molecule has 1 heterocycles. The molecule has 1 aromatic heterocycles. The highest BCUT2D eigenvalue weighted by atomic mass is 79.9. The minimum absolute atomic E-state index is 0.588. The van der Waals surface area contributed by atoms with E-state index in [9.17, 15) is 0 Å². The molecule has 0 radical (unpaired) electrons. The lowest BCUT2D eigenvalue weighted by Crippen LogP contribution is -2.02. The van der Waals surface area contributed by atoms with Crippen LogP contribution in [0, 0.1) is 11.3 Å². The molecule has 0 aliphatic carbocycles. The summed E-state index contributed by atoms with van der Waals surface area (Å²) in [6.45, 7) is 0.604. The van der Waals surface area contributed by atoms with Gasteiger partial charge in [0.25, 0.3) is 0 Å². The molecule has 2 aromatic rings. The Morgan fingerprint density at radius 1 is 1.37 bits per heavy atom. The second-order valence-corrected chi connectivity index (χ2v) is 4.78. The Labute approximate surface area is 120 Å². The van der Waals surface area contributed by atoms with E-state index in [1.165, 1.54) is 0 Å². The first-order valence-corrected chi connectivity index (χ1v) is 6.44. The minimum Gasteiger partial charge on any atom is -0.481 e. The summed E-state index contributed by atoms with van der Waals surface area (Å²) < 4.78 is 5.89. The zero-order chi connectivity index (χ0) is 13.7. The molecule has 0 aliphatic rings. The smallest absolute Gasteiger partial charge is 0.212 e. The van der Waals surface area contributed by atoms with Crippen molar-refractivity contribution in [2.45, 2.75) is 6.54 Å². The lowest BCUT2D eigenvalue weighted by atomic mass is 10.2. The number of nitrogens with zero attached hydrogens (tertiary/aromatic N) is 2. The SMILES string of the molecule is COc1ccc(CNc2ccc(Br)cc2C#N)cn1. The molecular weight excluding hydrogens is 306 g/mol. The third-order valence-electron chi connectivity index (χ3n) is 2.59. The number of nitriles is 1. The second kappa shape index (κ2) is 6.21. The van der Waals surface area contributed by atoms with E-state index in [-0.39, 0.29) is 0 Å². The van der Waals surface area contributed by atoms with Crippen molar-refractivity contribution in [2.75, 3.05) is 12.4 Å². The number of methoxy groups -OCH3 is 1. The van der Waals surface area contributed by atoms with E-state index < -0.39 is 0 Å². The number of aromatic nitrogens is 1. The van der Waals surface area contributed by atoms with E-state index in [4.69, 9.17) is 10.00 Å². The summed E-state index contributed by atoms with van der Waals surface area (Å²) in [7, 11) is 1.58. The predicted molar refractivity (Wildman–Crippen MR) is 77.0 cm³/mol.